The van der Waals surface area contributed by atoms with Crippen LogP contribution in [0, 0.1) is 0 Å². The minimum atomic E-state index is -3.13. The summed E-state index contributed by atoms with van der Waals surface area (Å²) >= 11 is 0. The van der Waals surface area contributed by atoms with Gasteiger partial charge < -0.3 is 14.0 Å². The molecule has 1 aromatic heterocycles. The largest absolute Gasteiger partial charge is 0.488 e. The number of hydrogen-bond acceptors (Lipinski definition) is 7. The maximum Gasteiger partial charge on any atom is 0.252 e. The molecule has 9 heteroatoms. The summed E-state index contributed by atoms with van der Waals surface area (Å²) in [6, 6.07) is 7.29. The number of rotatable bonds is 8. The van der Waals surface area contributed by atoms with E-state index in [0.717, 1.165) is 5.56 Å². The van der Waals surface area contributed by atoms with Crippen molar-refractivity contribution in [3.8, 4) is 17.1 Å². The first kappa shape index (κ1) is 17.8. The van der Waals surface area contributed by atoms with E-state index in [0.29, 0.717) is 37.0 Å². The first-order valence-electron chi connectivity index (χ1n) is 8.08. The van der Waals surface area contributed by atoms with Gasteiger partial charge in [0.05, 0.1) is 18.8 Å². The second kappa shape index (κ2) is 7.51. The maximum atomic E-state index is 11.9. The highest BCUT2D eigenvalue weighted by Crippen LogP contribution is 2.24. The molecule has 0 aliphatic carbocycles. The molecule has 1 aromatic carbocycles. The number of sulfonamides is 1. The number of ether oxygens (including phenoxy) is 2. The summed E-state index contributed by atoms with van der Waals surface area (Å²) in [6.45, 7) is 2.92. The monoisotopic (exact) mass is 367 g/mol. The van der Waals surface area contributed by atoms with E-state index in [4.69, 9.17) is 14.0 Å². The van der Waals surface area contributed by atoms with Crippen molar-refractivity contribution in [3.05, 3.63) is 30.2 Å². The minimum Gasteiger partial charge on any atom is -0.488 e. The van der Waals surface area contributed by atoms with Crippen molar-refractivity contribution in [3.63, 3.8) is 0 Å². The summed E-state index contributed by atoms with van der Waals surface area (Å²) in [5.74, 6) is 1.77. The van der Waals surface area contributed by atoms with E-state index < -0.39 is 10.0 Å². The summed E-state index contributed by atoms with van der Waals surface area (Å²) in [4.78, 5) is 4.23. The van der Waals surface area contributed by atoms with Crippen molar-refractivity contribution < 1.29 is 22.4 Å². The fourth-order valence-corrected chi connectivity index (χ4v) is 4.08. The zero-order chi connectivity index (χ0) is 17.9. The molecule has 0 saturated carbocycles. The summed E-state index contributed by atoms with van der Waals surface area (Å²) in [5, 5.41) is 3.90. The van der Waals surface area contributed by atoms with Crippen LogP contribution in [0.15, 0.2) is 28.8 Å². The lowest BCUT2D eigenvalue weighted by Crippen LogP contribution is -2.56. The molecular formula is C16H21N3O5S. The second-order valence-electron chi connectivity index (χ2n) is 5.84. The van der Waals surface area contributed by atoms with Gasteiger partial charge in [0.1, 0.15) is 18.5 Å². The quantitative estimate of drug-likeness (QED) is 0.700. The van der Waals surface area contributed by atoms with Gasteiger partial charge in [0.15, 0.2) is 0 Å². The summed E-state index contributed by atoms with van der Waals surface area (Å²) < 4.78 is 41.1. The van der Waals surface area contributed by atoms with Crippen molar-refractivity contribution in [2.45, 2.75) is 26.1 Å². The van der Waals surface area contributed by atoms with Crippen LogP contribution in [0.2, 0.25) is 0 Å². The molecule has 0 spiro atoms. The van der Waals surface area contributed by atoms with Gasteiger partial charge in [-0.2, -0.15) is 9.29 Å². The number of nitrogens with zero attached hydrogens (tertiary/aromatic N) is 3. The molecule has 136 valence electrons. The first-order valence-corrected chi connectivity index (χ1v) is 9.69. The standard InChI is InChI=1S/C16H21N3O5S/c1-3-8-25(20,21)19-9-14(10-19)23-13-6-4-12(5-7-13)16-17-15(11-22-2)24-18-16/h4-7,14H,3,8-11H2,1-2H3. The molecule has 0 N–H and O–H groups in total. The van der Waals surface area contributed by atoms with Gasteiger partial charge in [-0.25, -0.2) is 8.42 Å². The molecule has 0 atom stereocenters. The molecule has 1 fully saturated rings. The Morgan fingerprint density at radius 1 is 1.28 bits per heavy atom. The van der Waals surface area contributed by atoms with Gasteiger partial charge in [-0.15, -0.1) is 0 Å². The van der Waals surface area contributed by atoms with Crippen molar-refractivity contribution in [2.75, 3.05) is 26.0 Å². The third kappa shape index (κ3) is 4.17. The first-order chi connectivity index (χ1) is 12.0. The lowest BCUT2D eigenvalue weighted by atomic mass is 10.2. The molecule has 0 bridgehead atoms. The molecule has 3 rings (SSSR count). The Morgan fingerprint density at radius 2 is 2.00 bits per heavy atom. The van der Waals surface area contributed by atoms with Gasteiger partial charge in [0, 0.05) is 12.7 Å². The molecule has 8 nitrogen and oxygen atoms in total. The zero-order valence-electron chi connectivity index (χ0n) is 14.2. The minimum absolute atomic E-state index is 0.115. The molecule has 2 aromatic rings. The Kier molecular flexibility index (Phi) is 5.36. The van der Waals surface area contributed by atoms with E-state index >= 15 is 0 Å². The highest BCUT2D eigenvalue weighted by Gasteiger charge is 2.36. The Bertz CT molecular complexity index is 797. The Morgan fingerprint density at radius 3 is 2.64 bits per heavy atom. The molecule has 0 unspecified atom stereocenters. The number of aromatic nitrogens is 2. The second-order valence-corrected chi connectivity index (χ2v) is 7.93. The number of benzene rings is 1. The summed E-state index contributed by atoms with van der Waals surface area (Å²) in [5.41, 5.74) is 0.805. The highest BCUT2D eigenvalue weighted by atomic mass is 32.2. The molecule has 25 heavy (non-hydrogen) atoms. The SMILES string of the molecule is CCCS(=O)(=O)N1CC(Oc2ccc(-c3noc(COC)n3)cc2)C1. The molecule has 0 radical (unpaired) electrons. The molecule has 1 aliphatic rings. The lowest BCUT2D eigenvalue weighted by Gasteiger charge is -2.37. The summed E-state index contributed by atoms with van der Waals surface area (Å²) in [7, 11) is -1.57. The van der Waals surface area contributed by atoms with Gasteiger partial charge in [-0.3, -0.25) is 0 Å². The molecule has 1 saturated heterocycles. The lowest BCUT2D eigenvalue weighted by molar-refractivity contribution is 0.0762. The van der Waals surface area contributed by atoms with Crippen LogP contribution in [-0.2, 0) is 21.4 Å². The van der Waals surface area contributed by atoms with Crippen LogP contribution in [0.5, 0.6) is 5.75 Å². The fourth-order valence-electron chi connectivity index (χ4n) is 2.52. The van der Waals surface area contributed by atoms with E-state index in [1.54, 1.807) is 7.11 Å². The molecular weight excluding hydrogens is 346 g/mol. The van der Waals surface area contributed by atoms with E-state index in [1.807, 2.05) is 31.2 Å². The van der Waals surface area contributed by atoms with Crippen LogP contribution in [0.1, 0.15) is 19.2 Å². The van der Waals surface area contributed by atoms with Gasteiger partial charge >= 0.3 is 0 Å². The van der Waals surface area contributed by atoms with E-state index in [9.17, 15) is 8.42 Å². The van der Waals surface area contributed by atoms with Gasteiger partial charge in [0.2, 0.25) is 15.8 Å². The van der Waals surface area contributed by atoms with Crippen molar-refractivity contribution in [1.29, 1.82) is 0 Å². The third-order valence-electron chi connectivity index (χ3n) is 3.82. The Labute approximate surface area is 146 Å². The number of hydrogen-bond donors (Lipinski definition) is 0. The predicted octanol–water partition coefficient (Wildman–Crippen LogP) is 1.69. The molecule has 1 aliphatic heterocycles. The zero-order valence-corrected chi connectivity index (χ0v) is 15.0. The van der Waals surface area contributed by atoms with Crippen LogP contribution in [0.3, 0.4) is 0 Å². The van der Waals surface area contributed by atoms with Gasteiger partial charge in [-0.1, -0.05) is 12.1 Å². The number of methoxy groups -OCH3 is 1. The van der Waals surface area contributed by atoms with Crippen molar-refractivity contribution >= 4 is 10.0 Å². The van der Waals surface area contributed by atoms with E-state index in [2.05, 4.69) is 10.1 Å². The topological polar surface area (TPSA) is 94.8 Å². The van der Waals surface area contributed by atoms with Gasteiger partial charge in [-0.05, 0) is 30.7 Å². The molecule has 2 heterocycles. The van der Waals surface area contributed by atoms with Crippen LogP contribution < -0.4 is 4.74 Å². The molecule has 0 amide bonds. The van der Waals surface area contributed by atoms with Crippen LogP contribution in [0.25, 0.3) is 11.4 Å². The average molecular weight is 367 g/mol. The average Bonchev–Trinajstić information content (AvgIpc) is 3.00. The summed E-state index contributed by atoms with van der Waals surface area (Å²) in [6.07, 6.45) is 0.504. The predicted molar refractivity (Wildman–Crippen MR) is 90.5 cm³/mol. The van der Waals surface area contributed by atoms with Crippen molar-refractivity contribution in [1.82, 2.24) is 14.4 Å². The fraction of sp³-hybridized carbons (Fsp3) is 0.500. The third-order valence-corrected chi connectivity index (χ3v) is 5.83. The van der Waals surface area contributed by atoms with Gasteiger partial charge in [0.25, 0.3) is 5.89 Å². The smallest absolute Gasteiger partial charge is 0.252 e. The maximum absolute atomic E-state index is 11.9. The normalized spacial score (nSPS) is 15.9. The van der Waals surface area contributed by atoms with E-state index in [1.165, 1.54) is 4.31 Å². The van der Waals surface area contributed by atoms with Crippen LogP contribution in [-0.4, -0.2) is 54.9 Å². The Hall–Kier alpha value is -1.97. The van der Waals surface area contributed by atoms with Crippen LogP contribution >= 0.6 is 0 Å². The highest BCUT2D eigenvalue weighted by molar-refractivity contribution is 7.89. The van der Waals surface area contributed by atoms with E-state index in [-0.39, 0.29) is 18.5 Å². The Balaban J connectivity index is 1.55. The van der Waals surface area contributed by atoms with Crippen LogP contribution in [0.4, 0.5) is 0 Å². The van der Waals surface area contributed by atoms with Crippen molar-refractivity contribution in [2.24, 2.45) is 0 Å².